The van der Waals surface area contributed by atoms with E-state index in [0.717, 1.165) is 22.9 Å². The lowest BCUT2D eigenvalue weighted by Crippen LogP contribution is -2.43. The molecule has 3 N–H and O–H groups in total. The lowest BCUT2D eigenvalue weighted by Gasteiger charge is -2.29. The first-order chi connectivity index (χ1) is 19.8. The van der Waals surface area contributed by atoms with Crippen molar-refractivity contribution in [2.75, 3.05) is 0 Å². The third-order valence-electron chi connectivity index (χ3n) is 7.39. The Labute approximate surface area is 244 Å². The molecular formula is C32H39F4N5O. The average molecular weight is 586 g/mol. The van der Waals surface area contributed by atoms with Crippen LogP contribution in [0, 0.1) is 0 Å². The maximum Gasteiger partial charge on any atom is 0.434 e. The van der Waals surface area contributed by atoms with Crippen LogP contribution in [0.1, 0.15) is 88.7 Å². The van der Waals surface area contributed by atoms with Gasteiger partial charge in [-0.3, -0.25) is 5.32 Å². The van der Waals surface area contributed by atoms with Gasteiger partial charge in [0.15, 0.2) is 5.69 Å². The van der Waals surface area contributed by atoms with Gasteiger partial charge in [-0.2, -0.15) is 13.2 Å². The van der Waals surface area contributed by atoms with Crippen LogP contribution in [0.25, 0.3) is 11.4 Å². The fourth-order valence-corrected chi connectivity index (χ4v) is 5.25. The monoisotopic (exact) mass is 585 g/mol. The van der Waals surface area contributed by atoms with E-state index in [1.165, 1.54) is 4.57 Å². The molecule has 0 bridgehead atoms. The minimum absolute atomic E-state index is 0.0470. The molecule has 226 valence electrons. The molecule has 6 nitrogen and oxygen atoms in total. The molecule has 3 aromatic rings. The van der Waals surface area contributed by atoms with Gasteiger partial charge in [0, 0.05) is 36.3 Å². The Morgan fingerprint density at radius 1 is 1.07 bits per heavy atom. The molecule has 5 rings (SSSR count). The summed E-state index contributed by atoms with van der Waals surface area (Å²) in [5.41, 5.74) is 3.24. The number of benzene rings is 2. The molecule has 0 saturated heterocycles. The summed E-state index contributed by atoms with van der Waals surface area (Å²) in [4.78, 5) is 8.74. The first kappa shape index (κ1) is 31.4. The largest absolute Gasteiger partial charge is 0.434 e. The molecule has 1 aromatic heterocycles. The van der Waals surface area contributed by atoms with E-state index < -0.39 is 23.9 Å². The smallest absolute Gasteiger partial charge is 0.357 e. The van der Waals surface area contributed by atoms with Crippen molar-refractivity contribution < 1.29 is 22.7 Å². The summed E-state index contributed by atoms with van der Waals surface area (Å²) in [6.45, 7) is 12.1. The summed E-state index contributed by atoms with van der Waals surface area (Å²) in [6, 6.07) is 14.7. The van der Waals surface area contributed by atoms with Crippen molar-refractivity contribution in [1.29, 1.82) is 0 Å². The second-order valence-electron chi connectivity index (χ2n) is 10.9. The Morgan fingerprint density at radius 3 is 2.36 bits per heavy atom. The third kappa shape index (κ3) is 6.44. The molecule has 0 fully saturated rings. The number of hydrogen-bond acceptors (Lipinski definition) is 5. The van der Waals surface area contributed by atoms with E-state index in [1.54, 1.807) is 26.0 Å². The van der Waals surface area contributed by atoms with Crippen LogP contribution < -0.4 is 10.6 Å². The number of aromatic nitrogens is 2. The molecule has 2 heterocycles. The Balaban J connectivity index is 0.00000198. The molecular weight excluding hydrogens is 546 g/mol. The van der Waals surface area contributed by atoms with Crippen LogP contribution >= 0.6 is 0 Å². The molecule has 0 saturated carbocycles. The van der Waals surface area contributed by atoms with E-state index in [-0.39, 0.29) is 29.9 Å². The van der Waals surface area contributed by atoms with Crippen molar-refractivity contribution in [3.05, 3.63) is 88.4 Å². The Hall–Kier alpha value is -3.50. The number of halogens is 4. The quantitative estimate of drug-likeness (QED) is 0.252. The molecule has 0 radical (unpaired) electrons. The van der Waals surface area contributed by atoms with Crippen molar-refractivity contribution in [3.63, 3.8) is 0 Å². The van der Waals surface area contributed by atoms with Gasteiger partial charge in [-0.1, -0.05) is 76.2 Å². The number of aliphatic imine (C=N–C) groups is 1. The number of aliphatic hydroxyl groups is 1. The van der Waals surface area contributed by atoms with Crippen LogP contribution in [0.2, 0.25) is 0 Å². The van der Waals surface area contributed by atoms with E-state index in [0.29, 0.717) is 29.9 Å². The zero-order chi connectivity index (χ0) is 30.8. The van der Waals surface area contributed by atoms with Gasteiger partial charge in [0.2, 0.25) is 5.85 Å². The maximum atomic E-state index is 15.1. The summed E-state index contributed by atoms with van der Waals surface area (Å²) >= 11 is 0. The second kappa shape index (κ2) is 12.4. The van der Waals surface area contributed by atoms with Crippen LogP contribution in [-0.4, -0.2) is 32.5 Å². The van der Waals surface area contributed by atoms with Crippen molar-refractivity contribution in [2.24, 2.45) is 4.99 Å². The molecule has 1 aliphatic heterocycles. The van der Waals surface area contributed by atoms with Gasteiger partial charge in [0.05, 0.1) is 5.70 Å². The average Bonchev–Trinajstić information content (AvgIpc) is 3.55. The number of amidine groups is 1. The summed E-state index contributed by atoms with van der Waals surface area (Å²) in [6.07, 6.45) is -3.73. The molecule has 0 amide bonds. The Kier molecular flexibility index (Phi) is 9.27. The van der Waals surface area contributed by atoms with Gasteiger partial charge < -0.3 is 15.0 Å². The first-order valence-corrected chi connectivity index (χ1v) is 14.4. The zero-order valence-electron chi connectivity index (χ0n) is 24.9. The number of nitrogens with zero attached hydrogens (tertiary/aromatic N) is 3. The molecule has 10 heteroatoms. The van der Waals surface area contributed by atoms with E-state index in [9.17, 15) is 18.3 Å². The number of hydrogen-bond donors (Lipinski definition) is 3. The molecule has 1 aliphatic carbocycles. The van der Waals surface area contributed by atoms with Crippen molar-refractivity contribution >= 4 is 5.84 Å². The number of rotatable bonds is 7. The fraction of sp³-hybridized carbons (Fsp3) is 0.438. The normalized spacial score (nSPS) is 20.3. The van der Waals surface area contributed by atoms with Gasteiger partial charge in [0.25, 0.3) is 0 Å². The van der Waals surface area contributed by atoms with Crippen LogP contribution in [0.5, 0.6) is 0 Å². The van der Waals surface area contributed by atoms with Crippen molar-refractivity contribution in [2.45, 2.75) is 91.1 Å². The van der Waals surface area contributed by atoms with Crippen LogP contribution in [-0.2, 0) is 12.7 Å². The van der Waals surface area contributed by atoms with Gasteiger partial charge in [0.1, 0.15) is 17.8 Å². The van der Waals surface area contributed by atoms with E-state index in [4.69, 9.17) is 4.99 Å². The molecule has 2 aliphatic rings. The number of nitrogens with one attached hydrogen (secondary N) is 2. The van der Waals surface area contributed by atoms with E-state index >= 15 is 4.39 Å². The highest BCUT2D eigenvalue weighted by Crippen LogP contribution is 2.40. The van der Waals surface area contributed by atoms with Gasteiger partial charge in [-0.15, -0.1) is 0 Å². The summed E-state index contributed by atoms with van der Waals surface area (Å²) in [5, 5.41) is 16.9. The summed E-state index contributed by atoms with van der Waals surface area (Å²) in [7, 11) is 0. The lowest BCUT2D eigenvalue weighted by atomic mass is 9.95. The molecule has 0 spiro atoms. The van der Waals surface area contributed by atoms with E-state index in [1.807, 2.05) is 50.2 Å². The van der Waals surface area contributed by atoms with Crippen LogP contribution in [0.15, 0.2) is 71.0 Å². The Bertz CT molecular complexity index is 1450. The predicted octanol–water partition coefficient (Wildman–Crippen LogP) is 7.47. The standard InChI is InChI=1S/C30H33F4N5O.C2H6/c1-17(2)21-7-5-6-8-22(21)27-37-25-23(13-14-29(25,31)40)26(38-27)35-15-19-9-11-20(12-10-19)28-36-24(30(32,33)34)16-39(28)18(3)4;1-2/h5-12,16-18,26,35,40H,13-15H2,1-4H3,(H,37,38);1-2H3. The highest BCUT2D eigenvalue weighted by Gasteiger charge is 2.44. The topological polar surface area (TPSA) is 74.5 Å². The molecule has 42 heavy (non-hydrogen) atoms. The van der Waals surface area contributed by atoms with Crippen LogP contribution in [0.3, 0.4) is 0 Å². The fourth-order valence-electron chi connectivity index (χ4n) is 5.25. The minimum Gasteiger partial charge on any atom is -0.357 e. The maximum absolute atomic E-state index is 15.1. The van der Waals surface area contributed by atoms with Crippen molar-refractivity contribution in [3.8, 4) is 11.4 Å². The molecule has 2 unspecified atom stereocenters. The zero-order valence-corrected chi connectivity index (χ0v) is 24.9. The van der Waals surface area contributed by atoms with Crippen molar-refractivity contribution in [1.82, 2.24) is 20.2 Å². The first-order valence-electron chi connectivity index (χ1n) is 14.4. The molecule has 2 aromatic carbocycles. The highest BCUT2D eigenvalue weighted by atomic mass is 19.4. The van der Waals surface area contributed by atoms with Crippen LogP contribution in [0.4, 0.5) is 17.6 Å². The van der Waals surface area contributed by atoms with Gasteiger partial charge in [-0.05, 0) is 42.9 Å². The SMILES string of the molecule is CC.CC(C)c1ccccc1C1=NC(NCc2ccc(-c3nc(C(F)(F)F)cn3C(C)C)cc2)C2=C(N1)C(O)(F)CC2. The summed E-state index contributed by atoms with van der Waals surface area (Å²) < 4.78 is 56.5. The minimum atomic E-state index is -4.53. The summed E-state index contributed by atoms with van der Waals surface area (Å²) in [5.74, 6) is -1.50. The second-order valence-corrected chi connectivity index (χ2v) is 10.9. The Morgan fingerprint density at radius 2 is 1.74 bits per heavy atom. The number of alkyl halides is 4. The molecule has 2 atom stereocenters. The lowest BCUT2D eigenvalue weighted by molar-refractivity contribution is -0.140. The van der Waals surface area contributed by atoms with Gasteiger partial charge >= 0.3 is 6.18 Å². The third-order valence-corrected chi connectivity index (χ3v) is 7.39. The number of imidazole rings is 1. The highest BCUT2D eigenvalue weighted by molar-refractivity contribution is 6.02. The predicted molar refractivity (Wildman–Crippen MR) is 158 cm³/mol. The van der Waals surface area contributed by atoms with E-state index in [2.05, 4.69) is 29.5 Å². The van der Waals surface area contributed by atoms with Gasteiger partial charge in [-0.25, -0.2) is 14.4 Å².